The van der Waals surface area contributed by atoms with Crippen LogP contribution in [0.4, 0.5) is 5.95 Å². The number of aryl methyl sites for hydroxylation is 1. The molecule has 96 valence electrons. The highest BCUT2D eigenvalue weighted by Gasteiger charge is 2.19. The monoisotopic (exact) mass is 304 g/mol. The van der Waals surface area contributed by atoms with E-state index in [1.165, 1.54) is 13.1 Å². The predicted octanol–water partition coefficient (Wildman–Crippen LogP) is -0.293. The van der Waals surface area contributed by atoms with E-state index >= 15 is 0 Å². The first-order valence-corrected chi connectivity index (χ1v) is 7.26. The lowest BCUT2D eigenvalue weighted by Gasteiger charge is -2.00. The molecule has 2 aromatic heterocycles. The molecule has 2 rings (SSSR count). The first-order chi connectivity index (χ1) is 8.38. The lowest BCUT2D eigenvalue weighted by atomic mass is 10.5. The Bertz CT molecular complexity index is 688. The lowest BCUT2D eigenvalue weighted by Crippen LogP contribution is -2.13. The molecule has 0 saturated heterocycles. The van der Waals surface area contributed by atoms with Gasteiger partial charge in [0.1, 0.15) is 9.20 Å². The van der Waals surface area contributed by atoms with Gasteiger partial charge in [0.15, 0.2) is 0 Å². The first kappa shape index (κ1) is 12.9. The van der Waals surface area contributed by atoms with Crippen molar-refractivity contribution < 1.29 is 8.42 Å². The highest BCUT2D eigenvalue weighted by atomic mass is 32.2. The lowest BCUT2D eigenvalue weighted by molar-refractivity contribution is 0.602. The van der Waals surface area contributed by atoms with Crippen molar-refractivity contribution in [2.45, 2.75) is 4.21 Å². The number of aromatic nitrogens is 4. The van der Waals surface area contributed by atoms with E-state index in [1.54, 1.807) is 6.07 Å². The Morgan fingerprint density at radius 1 is 1.56 bits per heavy atom. The molecule has 8 nitrogen and oxygen atoms in total. The molecule has 11 heteroatoms. The number of nitrogens with two attached hydrogens (primary N) is 1. The zero-order valence-corrected chi connectivity index (χ0v) is 11.5. The molecular weight excluding hydrogens is 296 g/mol. The van der Waals surface area contributed by atoms with Gasteiger partial charge >= 0.3 is 0 Å². The van der Waals surface area contributed by atoms with E-state index in [-0.39, 0.29) is 15.1 Å². The van der Waals surface area contributed by atoms with Crippen LogP contribution in [0, 0.1) is 0 Å². The van der Waals surface area contributed by atoms with E-state index in [2.05, 4.69) is 20.1 Å². The number of rotatable bonds is 4. The van der Waals surface area contributed by atoms with Crippen LogP contribution in [0.15, 0.2) is 16.3 Å². The summed E-state index contributed by atoms with van der Waals surface area (Å²) in [5.41, 5.74) is 5.41. The summed E-state index contributed by atoms with van der Waals surface area (Å²) in [5.74, 6) is -0.0947. The summed E-state index contributed by atoms with van der Waals surface area (Å²) in [4.78, 5) is 1.82. The van der Waals surface area contributed by atoms with Gasteiger partial charge in [0.25, 0.3) is 16.0 Å². The number of tetrazole rings is 1. The third kappa shape index (κ3) is 2.63. The van der Waals surface area contributed by atoms with Crippen LogP contribution >= 0.6 is 23.6 Å². The van der Waals surface area contributed by atoms with Crippen LogP contribution in [0.5, 0.6) is 0 Å². The summed E-state index contributed by atoms with van der Waals surface area (Å²) >= 11 is 5.74. The van der Waals surface area contributed by atoms with Crippen LogP contribution in [0.25, 0.3) is 0 Å². The third-order valence-electron chi connectivity index (χ3n) is 1.82. The second-order valence-electron chi connectivity index (χ2n) is 3.19. The minimum absolute atomic E-state index is 0.0813. The maximum Gasteiger partial charge on any atom is 0.277 e. The summed E-state index contributed by atoms with van der Waals surface area (Å²) in [6.07, 6.45) is 0. The Hall–Kier alpha value is -1.59. The van der Waals surface area contributed by atoms with Crippen molar-refractivity contribution in [1.82, 2.24) is 20.2 Å². The summed E-state index contributed by atoms with van der Waals surface area (Å²) in [6, 6.07) is 2.96. The molecule has 0 radical (unpaired) electrons. The molecule has 0 unspecified atom stereocenters. The summed E-state index contributed by atoms with van der Waals surface area (Å²) in [7, 11) is -2.21. The van der Waals surface area contributed by atoms with E-state index in [9.17, 15) is 8.42 Å². The number of thiophene rings is 1. The van der Waals surface area contributed by atoms with Gasteiger partial charge in [-0.15, -0.1) is 16.4 Å². The molecule has 0 amide bonds. The van der Waals surface area contributed by atoms with Crippen LogP contribution in [-0.4, -0.2) is 33.6 Å². The zero-order chi connectivity index (χ0) is 13.3. The minimum atomic E-state index is -3.74. The minimum Gasteiger partial charge on any atom is -0.389 e. The maximum absolute atomic E-state index is 11.9. The van der Waals surface area contributed by atoms with Crippen LogP contribution in [-0.2, 0) is 17.1 Å². The number of nitrogens with one attached hydrogen (secondary N) is 1. The Morgan fingerprint density at radius 3 is 2.78 bits per heavy atom. The highest BCUT2D eigenvalue weighted by Crippen LogP contribution is 2.22. The molecule has 3 N–H and O–H groups in total. The van der Waals surface area contributed by atoms with Gasteiger partial charge in [0.05, 0.1) is 11.9 Å². The molecule has 0 atom stereocenters. The molecule has 0 saturated carbocycles. The largest absolute Gasteiger partial charge is 0.389 e. The third-order valence-corrected chi connectivity index (χ3v) is 5.11. The normalized spacial score (nSPS) is 11.4. The Morgan fingerprint density at radius 2 is 2.28 bits per heavy atom. The average Bonchev–Trinajstić information content (AvgIpc) is 2.86. The summed E-state index contributed by atoms with van der Waals surface area (Å²) in [6.45, 7) is 0. The van der Waals surface area contributed by atoms with E-state index in [4.69, 9.17) is 18.0 Å². The number of nitrogens with zero attached hydrogens (tertiary/aromatic N) is 4. The molecule has 0 aliphatic rings. The van der Waals surface area contributed by atoms with Crippen LogP contribution < -0.4 is 10.5 Å². The summed E-state index contributed by atoms with van der Waals surface area (Å²) < 4.78 is 26.2. The van der Waals surface area contributed by atoms with Crippen molar-refractivity contribution in [3.63, 3.8) is 0 Å². The molecule has 0 aromatic carbocycles. The Kier molecular flexibility index (Phi) is 3.28. The Balaban J connectivity index is 2.27. The van der Waals surface area contributed by atoms with Gasteiger partial charge in [-0.1, -0.05) is 17.3 Å². The zero-order valence-electron chi connectivity index (χ0n) is 9.06. The van der Waals surface area contributed by atoms with Crippen molar-refractivity contribution in [3.05, 3.63) is 17.0 Å². The highest BCUT2D eigenvalue weighted by molar-refractivity contribution is 7.94. The van der Waals surface area contributed by atoms with Crippen molar-refractivity contribution in [1.29, 1.82) is 0 Å². The fourth-order valence-electron chi connectivity index (χ4n) is 1.09. The predicted molar refractivity (Wildman–Crippen MR) is 69.8 cm³/mol. The SMILES string of the molecule is Cn1nnc(NS(=O)(=O)c2ccc(C(N)=S)s2)n1. The molecule has 0 bridgehead atoms. The second kappa shape index (κ2) is 4.59. The van der Waals surface area contributed by atoms with Gasteiger partial charge in [-0.2, -0.15) is 4.80 Å². The first-order valence-electron chi connectivity index (χ1n) is 4.55. The van der Waals surface area contributed by atoms with Gasteiger partial charge < -0.3 is 5.73 Å². The van der Waals surface area contributed by atoms with E-state index in [0.717, 1.165) is 16.1 Å². The van der Waals surface area contributed by atoms with Gasteiger partial charge in [0, 0.05) is 0 Å². The molecule has 0 spiro atoms. The summed E-state index contributed by atoms with van der Waals surface area (Å²) in [5, 5.41) is 10.8. The molecule has 18 heavy (non-hydrogen) atoms. The van der Waals surface area contributed by atoms with Gasteiger partial charge in [-0.05, 0) is 17.3 Å². The number of anilines is 1. The van der Waals surface area contributed by atoms with Gasteiger partial charge in [-0.25, -0.2) is 13.1 Å². The second-order valence-corrected chi connectivity index (χ2v) is 6.62. The van der Waals surface area contributed by atoms with Crippen LogP contribution in [0.1, 0.15) is 4.88 Å². The molecule has 2 aromatic rings. The van der Waals surface area contributed by atoms with Crippen LogP contribution in [0.3, 0.4) is 0 Å². The van der Waals surface area contributed by atoms with Crippen LogP contribution in [0.2, 0.25) is 0 Å². The van der Waals surface area contributed by atoms with Crippen molar-refractivity contribution in [3.8, 4) is 0 Å². The average molecular weight is 304 g/mol. The fourth-order valence-corrected chi connectivity index (χ4v) is 3.38. The molecular formula is C7H8N6O2S3. The number of sulfonamides is 1. The molecule has 0 fully saturated rings. The maximum atomic E-state index is 11.9. The standard InChI is InChI=1S/C7H8N6O2S3/c1-13-10-7(9-12-13)11-18(14,15)5-3-2-4(17-5)6(8)16/h2-3H,1H3,(H2,8,16)(H,10,11). The number of hydrogen-bond donors (Lipinski definition) is 2. The van der Waals surface area contributed by atoms with E-state index in [0.29, 0.717) is 4.88 Å². The molecule has 2 heterocycles. The number of hydrogen-bond acceptors (Lipinski definition) is 7. The molecule has 0 aliphatic heterocycles. The van der Waals surface area contributed by atoms with E-state index in [1.807, 2.05) is 0 Å². The van der Waals surface area contributed by atoms with Crippen molar-refractivity contribution in [2.24, 2.45) is 12.8 Å². The van der Waals surface area contributed by atoms with Gasteiger partial charge in [-0.3, -0.25) is 0 Å². The fraction of sp³-hybridized carbons (Fsp3) is 0.143. The quantitative estimate of drug-likeness (QED) is 0.745. The van der Waals surface area contributed by atoms with E-state index < -0.39 is 10.0 Å². The Labute approximate surface area is 112 Å². The van der Waals surface area contributed by atoms with Crippen molar-refractivity contribution in [2.75, 3.05) is 4.72 Å². The topological polar surface area (TPSA) is 116 Å². The molecule has 0 aliphatic carbocycles. The van der Waals surface area contributed by atoms with Gasteiger partial charge in [0.2, 0.25) is 0 Å². The van der Waals surface area contributed by atoms with Crippen molar-refractivity contribution >= 4 is 44.5 Å². The number of thiocarbonyl (C=S) groups is 1. The smallest absolute Gasteiger partial charge is 0.277 e.